The van der Waals surface area contributed by atoms with Crippen molar-refractivity contribution >= 4 is 5.70 Å². The SMILES string of the molecule is CC1(C)C=C(n2cccnc2=O)c2cnccc2O1. The fourth-order valence-electron chi connectivity index (χ4n) is 2.12. The number of pyridine rings is 1. The van der Waals surface area contributed by atoms with Gasteiger partial charge in [-0.2, -0.15) is 0 Å². The fourth-order valence-corrected chi connectivity index (χ4v) is 2.12. The highest BCUT2D eigenvalue weighted by atomic mass is 16.5. The normalized spacial score (nSPS) is 16.2. The lowest BCUT2D eigenvalue weighted by Crippen LogP contribution is -2.32. The molecular weight excluding hydrogens is 242 g/mol. The molecule has 0 atom stereocenters. The molecule has 0 aromatic carbocycles. The highest BCUT2D eigenvalue weighted by molar-refractivity contribution is 5.72. The molecular formula is C14H13N3O2. The number of hydrogen-bond donors (Lipinski definition) is 0. The summed E-state index contributed by atoms with van der Waals surface area (Å²) >= 11 is 0. The van der Waals surface area contributed by atoms with Crippen LogP contribution in [0, 0.1) is 0 Å². The van der Waals surface area contributed by atoms with Crippen molar-refractivity contribution in [3.8, 4) is 5.75 Å². The molecule has 0 fully saturated rings. The molecule has 5 nitrogen and oxygen atoms in total. The highest BCUT2D eigenvalue weighted by Gasteiger charge is 2.27. The van der Waals surface area contributed by atoms with Gasteiger partial charge in [-0.25, -0.2) is 9.78 Å². The Hall–Kier alpha value is -2.43. The zero-order chi connectivity index (χ0) is 13.5. The fraction of sp³-hybridized carbons (Fsp3) is 0.214. The van der Waals surface area contributed by atoms with Crippen LogP contribution in [0.1, 0.15) is 19.4 Å². The quantitative estimate of drug-likeness (QED) is 0.778. The van der Waals surface area contributed by atoms with Crippen LogP contribution < -0.4 is 10.4 Å². The average molecular weight is 255 g/mol. The molecule has 0 radical (unpaired) electrons. The summed E-state index contributed by atoms with van der Waals surface area (Å²) in [5.41, 5.74) is 0.731. The van der Waals surface area contributed by atoms with Crippen molar-refractivity contribution in [3.63, 3.8) is 0 Å². The van der Waals surface area contributed by atoms with E-state index < -0.39 is 5.60 Å². The van der Waals surface area contributed by atoms with E-state index in [1.54, 1.807) is 30.7 Å². The molecule has 3 heterocycles. The van der Waals surface area contributed by atoms with Gasteiger partial charge in [-0.05, 0) is 32.1 Å². The minimum Gasteiger partial charge on any atom is -0.483 e. The van der Waals surface area contributed by atoms with Crippen LogP contribution in [0.25, 0.3) is 5.70 Å². The smallest absolute Gasteiger partial charge is 0.352 e. The molecule has 0 N–H and O–H groups in total. The van der Waals surface area contributed by atoms with Crippen molar-refractivity contribution in [2.45, 2.75) is 19.4 Å². The van der Waals surface area contributed by atoms with E-state index in [1.807, 2.05) is 19.9 Å². The standard InChI is InChI=1S/C14H13N3O2/c1-14(2)8-11(17-7-3-5-16-13(17)18)10-9-15-6-4-12(10)19-14/h3-9H,1-2H3. The first-order chi connectivity index (χ1) is 9.07. The van der Waals surface area contributed by atoms with E-state index >= 15 is 0 Å². The minimum atomic E-state index is -0.487. The number of ether oxygens (including phenoxy) is 1. The summed E-state index contributed by atoms with van der Waals surface area (Å²) in [5.74, 6) is 0.716. The summed E-state index contributed by atoms with van der Waals surface area (Å²) in [7, 11) is 0. The highest BCUT2D eigenvalue weighted by Crippen LogP contribution is 2.35. The Morgan fingerprint density at radius 3 is 2.95 bits per heavy atom. The molecule has 0 amide bonds. The van der Waals surface area contributed by atoms with E-state index in [0.29, 0.717) is 5.75 Å². The van der Waals surface area contributed by atoms with E-state index in [1.165, 1.54) is 10.8 Å². The summed E-state index contributed by atoms with van der Waals surface area (Å²) < 4.78 is 7.36. The van der Waals surface area contributed by atoms with Crippen LogP contribution >= 0.6 is 0 Å². The molecule has 0 unspecified atom stereocenters. The van der Waals surface area contributed by atoms with E-state index in [-0.39, 0.29) is 5.69 Å². The average Bonchev–Trinajstić information content (AvgIpc) is 2.37. The van der Waals surface area contributed by atoms with Crippen molar-refractivity contribution in [2.75, 3.05) is 0 Å². The van der Waals surface area contributed by atoms with Gasteiger partial charge in [0.15, 0.2) is 0 Å². The summed E-state index contributed by atoms with van der Waals surface area (Å²) in [4.78, 5) is 19.8. The third-order valence-corrected chi connectivity index (χ3v) is 2.89. The zero-order valence-electron chi connectivity index (χ0n) is 10.7. The molecule has 3 rings (SSSR count). The third kappa shape index (κ3) is 2.03. The van der Waals surface area contributed by atoms with E-state index in [0.717, 1.165) is 11.3 Å². The molecule has 2 aromatic rings. The van der Waals surface area contributed by atoms with Gasteiger partial charge in [0.25, 0.3) is 0 Å². The van der Waals surface area contributed by atoms with Gasteiger partial charge in [-0.1, -0.05) is 0 Å². The molecule has 1 aliphatic rings. The summed E-state index contributed by atoms with van der Waals surface area (Å²) in [6.07, 6.45) is 8.44. The van der Waals surface area contributed by atoms with Crippen LogP contribution in [0.15, 0.2) is 47.8 Å². The third-order valence-electron chi connectivity index (χ3n) is 2.89. The molecule has 0 bridgehead atoms. The molecule has 0 spiro atoms. The van der Waals surface area contributed by atoms with Crippen molar-refractivity contribution in [3.05, 3.63) is 59.0 Å². The van der Waals surface area contributed by atoms with E-state index in [2.05, 4.69) is 9.97 Å². The number of rotatable bonds is 1. The van der Waals surface area contributed by atoms with Gasteiger partial charge >= 0.3 is 5.69 Å². The van der Waals surface area contributed by atoms with Gasteiger partial charge in [-0.15, -0.1) is 0 Å². The number of fused-ring (bicyclic) bond motifs is 1. The Morgan fingerprint density at radius 2 is 2.16 bits per heavy atom. The van der Waals surface area contributed by atoms with Gasteiger partial charge < -0.3 is 4.74 Å². The van der Waals surface area contributed by atoms with E-state index in [9.17, 15) is 4.79 Å². The van der Waals surface area contributed by atoms with Crippen LogP contribution in [0.4, 0.5) is 0 Å². The molecule has 1 aliphatic heterocycles. The number of nitrogens with zero attached hydrogens (tertiary/aromatic N) is 3. The molecule has 96 valence electrons. The van der Waals surface area contributed by atoms with Crippen molar-refractivity contribution < 1.29 is 4.74 Å². The first-order valence-corrected chi connectivity index (χ1v) is 5.97. The molecule has 0 aliphatic carbocycles. The van der Waals surface area contributed by atoms with Crippen LogP contribution in [0.3, 0.4) is 0 Å². The van der Waals surface area contributed by atoms with Crippen molar-refractivity contribution in [1.82, 2.24) is 14.5 Å². The lowest BCUT2D eigenvalue weighted by Gasteiger charge is -2.30. The number of hydrogen-bond acceptors (Lipinski definition) is 4. The molecule has 19 heavy (non-hydrogen) atoms. The molecule has 5 heteroatoms. The second-order valence-corrected chi connectivity index (χ2v) is 4.88. The largest absolute Gasteiger partial charge is 0.483 e. The molecule has 0 saturated heterocycles. The number of aromatic nitrogens is 3. The summed E-state index contributed by atoms with van der Waals surface area (Å²) in [6, 6.07) is 3.52. The van der Waals surface area contributed by atoms with Gasteiger partial charge in [0, 0.05) is 24.8 Å². The van der Waals surface area contributed by atoms with Gasteiger partial charge in [0.1, 0.15) is 11.4 Å². The first-order valence-electron chi connectivity index (χ1n) is 5.97. The Balaban J connectivity index is 2.27. The lowest BCUT2D eigenvalue weighted by molar-refractivity contribution is 0.157. The maximum absolute atomic E-state index is 11.9. The minimum absolute atomic E-state index is 0.318. The van der Waals surface area contributed by atoms with Gasteiger partial charge in [0.2, 0.25) is 0 Å². The predicted molar refractivity (Wildman–Crippen MR) is 70.8 cm³/mol. The first kappa shape index (κ1) is 11.6. The van der Waals surface area contributed by atoms with Crippen LogP contribution in [-0.2, 0) is 0 Å². The molecule has 0 saturated carbocycles. The Bertz CT molecular complexity index is 716. The summed E-state index contributed by atoms with van der Waals surface area (Å²) in [6.45, 7) is 3.88. The van der Waals surface area contributed by atoms with Crippen molar-refractivity contribution in [1.29, 1.82) is 0 Å². The Labute approximate surface area is 110 Å². The second-order valence-electron chi connectivity index (χ2n) is 4.88. The van der Waals surface area contributed by atoms with Crippen LogP contribution in [0.5, 0.6) is 5.75 Å². The maximum atomic E-state index is 11.9. The Kier molecular flexibility index (Phi) is 2.48. The van der Waals surface area contributed by atoms with Crippen LogP contribution in [-0.4, -0.2) is 20.1 Å². The maximum Gasteiger partial charge on any atom is 0.352 e. The monoisotopic (exact) mass is 255 g/mol. The lowest BCUT2D eigenvalue weighted by atomic mass is 10.0. The predicted octanol–water partition coefficient (Wildman–Crippen LogP) is 1.70. The molecule has 2 aromatic heterocycles. The van der Waals surface area contributed by atoms with E-state index in [4.69, 9.17) is 4.74 Å². The van der Waals surface area contributed by atoms with Gasteiger partial charge in [-0.3, -0.25) is 9.55 Å². The van der Waals surface area contributed by atoms with Crippen LogP contribution in [0.2, 0.25) is 0 Å². The van der Waals surface area contributed by atoms with Gasteiger partial charge in [0.05, 0.1) is 11.3 Å². The zero-order valence-corrected chi connectivity index (χ0v) is 10.7. The van der Waals surface area contributed by atoms with Crippen molar-refractivity contribution in [2.24, 2.45) is 0 Å². The second kappa shape index (κ2) is 4.05. The summed E-state index contributed by atoms with van der Waals surface area (Å²) in [5, 5.41) is 0. The topological polar surface area (TPSA) is 57.0 Å². The Morgan fingerprint density at radius 1 is 1.32 bits per heavy atom.